The molecule has 1 atom stereocenters. The second-order valence-corrected chi connectivity index (χ2v) is 6.04. The lowest BCUT2D eigenvalue weighted by Gasteiger charge is -2.33. The zero-order valence-electron chi connectivity index (χ0n) is 11.8. The van der Waals surface area contributed by atoms with E-state index in [1.54, 1.807) is 23.2 Å². The molecule has 114 valence electrons. The van der Waals surface area contributed by atoms with Crippen molar-refractivity contribution in [3.63, 3.8) is 0 Å². The van der Waals surface area contributed by atoms with E-state index in [1.807, 2.05) is 6.92 Å². The molecule has 1 aromatic heterocycles. The van der Waals surface area contributed by atoms with Crippen molar-refractivity contribution in [1.29, 1.82) is 0 Å². The quantitative estimate of drug-likeness (QED) is 0.845. The smallest absolute Gasteiger partial charge is 0.324 e. The van der Waals surface area contributed by atoms with Gasteiger partial charge < -0.3 is 10.4 Å². The third-order valence-corrected chi connectivity index (χ3v) is 4.41. The molecular formula is C14H18BrN3O3. The highest BCUT2D eigenvalue weighted by molar-refractivity contribution is 9.10. The maximum Gasteiger partial charge on any atom is 0.324 e. The molecule has 0 radical (unpaired) electrons. The first-order valence-electron chi connectivity index (χ1n) is 6.88. The maximum absolute atomic E-state index is 12.1. The Labute approximate surface area is 131 Å². The standard InChI is InChI=1S/C14H18BrN3O3/c1-2-14(13(20)21)6-3-7-18(14)9-12(19)17-11-5-4-10(15)8-16-11/h4-5,8H,2-3,6-7,9H2,1H3,(H,20,21)(H,16,17,19). The fourth-order valence-corrected chi connectivity index (χ4v) is 3.00. The van der Waals surface area contributed by atoms with Crippen LogP contribution in [0.2, 0.25) is 0 Å². The number of aromatic nitrogens is 1. The number of likely N-dealkylation sites (tertiary alicyclic amines) is 1. The van der Waals surface area contributed by atoms with E-state index in [-0.39, 0.29) is 12.5 Å². The maximum atomic E-state index is 12.1. The van der Waals surface area contributed by atoms with E-state index in [4.69, 9.17) is 0 Å². The van der Waals surface area contributed by atoms with Gasteiger partial charge in [-0.15, -0.1) is 0 Å². The number of aliphatic carboxylic acids is 1. The summed E-state index contributed by atoms with van der Waals surface area (Å²) in [4.78, 5) is 29.5. The fraction of sp³-hybridized carbons (Fsp3) is 0.500. The number of hydrogen-bond acceptors (Lipinski definition) is 4. The highest BCUT2D eigenvalue weighted by atomic mass is 79.9. The van der Waals surface area contributed by atoms with E-state index in [2.05, 4.69) is 26.2 Å². The van der Waals surface area contributed by atoms with Crippen LogP contribution in [0.1, 0.15) is 26.2 Å². The van der Waals surface area contributed by atoms with E-state index < -0.39 is 11.5 Å². The predicted octanol–water partition coefficient (Wildman–Crippen LogP) is 2.11. The van der Waals surface area contributed by atoms with Crippen LogP contribution in [0.4, 0.5) is 5.82 Å². The number of anilines is 1. The normalized spacial score (nSPS) is 22.2. The average molecular weight is 356 g/mol. The number of hydrogen-bond donors (Lipinski definition) is 2. The van der Waals surface area contributed by atoms with Crippen molar-refractivity contribution in [3.8, 4) is 0 Å². The molecule has 1 aliphatic rings. The second kappa shape index (κ2) is 6.53. The molecule has 1 aliphatic heterocycles. The van der Waals surface area contributed by atoms with Crippen molar-refractivity contribution < 1.29 is 14.7 Å². The molecule has 0 aromatic carbocycles. The summed E-state index contributed by atoms with van der Waals surface area (Å²) in [5.74, 6) is -0.636. The van der Waals surface area contributed by atoms with Gasteiger partial charge in [-0.05, 0) is 53.9 Å². The third-order valence-electron chi connectivity index (χ3n) is 3.94. The predicted molar refractivity (Wildman–Crippen MR) is 82.0 cm³/mol. The molecule has 2 rings (SSSR count). The van der Waals surface area contributed by atoms with Crippen molar-refractivity contribution in [1.82, 2.24) is 9.88 Å². The number of carbonyl (C=O) groups is 2. The van der Waals surface area contributed by atoms with Gasteiger partial charge in [-0.3, -0.25) is 14.5 Å². The van der Waals surface area contributed by atoms with Gasteiger partial charge in [0.25, 0.3) is 0 Å². The Morgan fingerprint density at radius 3 is 2.86 bits per heavy atom. The van der Waals surface area contributed by atoms with Crippen molar-refractivity contribution >= 4 is 33.6 Å². The van der Waals surface area contributed by atoms with Crippen LogP contribution in [0, 0.1) is 0 Å². The van der Waals surface area contributed by atoms with Gasteiger partial charge in [0.2, 0.25) is 5.91 Å². The molecule has 7 heteroatoms. The minimum absolute atomic E-state index is 0.0673. The number of nitrogens with one attached hydrogen (secondary N) is 1. The van der Waals surface area contributed by atoms with Crippen LogP contribution in [-0.4, -0.2) is 45.5 Å². The number of carboxylic acid groups (broad SMARTS) is 1. The summed E-state index contributed by atoms with van der Waals surface area (Å²) in [6, 6.07) is 3.47. The average Bonchev–Trinajstić information content (AvgIpc) is 2.85. The fourth-order valence-electron chi connectivity index (χ4n) is 2.76. The van der Waals surface area contributed by atoms with Crippen LogP contribution >= 0.6 is 15.9 Å². The van der Waals surface area contributed by atoms with Crippen LogP contribution < -0.4 is 5.32 Å². The first-order valence-corrected chi connectivity index (χ1v) is 7.67. The Hall–Kier alpha value is -1.47. The summed E-state index contributed by atoms with van der Waals surface area (Å²) in [6.07, 6.45) is 3.47. The van der Waals surface area contributed by atoms with Gasteiger partial charge in [-0.2, -0.15) is 0 Å². The van der Waals surface area contributed by atoms with Crippen LogP contribution in [0.15, 0.2) is 22.8 Å². The highest BCUT2D eigenvalue weighted by Crippen LogP contribution is 2.32. The minimum atomic E-state index is -0.912. The molecule has 1 saturated heterocycles. The summed E-state index contributed by atoms with van der Waals surface area (Å²) in [5, 5.41) is 12.2. The Kier molecular flexibility index (Phi) is 4.95. The zero-order valence-corrected chi connectivity index (χ0v) is 13.4. The molecule has 2 heterocycles. The number of carboxylic acids is 1. The van der Waals surface area contributed by atoms with Crippen LogP contribution in [0.25, 0.3) is 0 Å². The molecule has 1 amide bonds. The topological polar surface area (TPSA) is 82.5 Å². The van der Waals surface area contributed by atoms with Crippen LogP contribution in [0.3, 0.4) is 0 Å². The van der Waals surface area contributed by atoms with Crippen LogP contribution in [0.5, 0.6) is 0 Å². The molecule has 2 N–H and O–H groups in total. The van der Waals surface area contributed by atoms with E-state index in [9.17, 15) is 14.7 Å². The Balaban J connectivity index is 2.01. The summed E-state index contributed by atoms with van der Waals surface area (Å²) in [6.45, 7) is 2.54. The number of pyridine rings is 1. The molecule has 6 nitrogen and oxygen atoms in total. The van der Waals surface area contributed by atoms with Crippen molar-refractivity contribution in [2.45, 2.75) is 31.7 Å². The number of halogens is 1. The van der Waals surface area contributed by atoms with Gasteiger partial charge in [-0.1, -0.05) is 6.92 Å². The molecule has 21 heavy (non-hydrogen) atoms. The van der Waals surface area contributed by atoms with Gasteiger partial charge in [0.15, 0.2) is 0 Å². The molecule has 0 saturated carbocycles. The zero-order chi connectivity index (χ0) is 15.5. The highest BCUT2D eigenvalue weighted by Gasteiger charge is 2.46. The van der Waals surface area contributed by atoms with E-state index in [0.29, 0.717) is 25.2 Å². The summed E-state index contributed by atoms with van der Waals surface area (Å²) < 4.78 is 0.830. The number of carbonyl (C=O) groups excluding carboxylic acids is 1. The number of nitrogens with zero attached hydrogens (tertiary/aromatic N) is 2. The van der Waals surface area contributed by atoms with Gasteiger partial charge in [-0.25, -0.2) is 4.98 Å². The van der Waals surface area contributed by atoms with E-state index in [1.165, 1.54) is 0 Å². The molecule has 0 spiro atoms. The molecule has 0 bridgehead atoms. The van der Waals surface area contributed by atoms with Crippen molar-refractivity contribution in [2.75, 3.05) is 18.4 Å². The summed E-state index contributed by atoms with van der Waals surface area (Å²) >= 11 is 3.27. The monoisotopic (exact) mass is 355 g/mol. The number of amides is 1. The lowest BCUT2D eigenvalue weighted by molar-refractivity contribution is -0.150. The van der Waals surface area contributed by atoms with Gasteiger partial charge in [0.05, 0.1) is 6.54 Å². The molecule has 1 unspecified atom stereocenters. The van der Waals surface area contributed by atoms with E-state index >= 15 is 0 Å². The lowest BCUT2D eigenvalue weighted by atomic mass is 9.93. The Morgan fingerprint density at radius 2 is 2.29 bits per heavy atom. The van der Waals surface area contributed by atoms with Gasteiger partial charge in [0.1, 0.15) is 11.4 Å². The largest absolute Gasteiger partial charge is 0.480 e. The molecule has 1 fully saturated rings. The Morgan fingerprint density at radius 1 is 1.52 bits per heavy atom. The van der Waals surface area contributed by atoms with Crippen LogP contribution in [-0.2, 0) is 9.59 Å². The summed E-state index contributed by atoms with van der Waals surface area (Å²) in [7, 11) is 0. The SMILES string of the molecule is CCC1(C(=O)O)CCCN1CC(=O)Nc1ccc(Br)cn1. The molecule has 1 aromatic rings. The minimum Gasteiger partial charge on any atom is -0.480 e. The second-order valence-electron chi connectivity index (χ2n) is 5.13. The lowest BCUT2D eigenvalue weighted by Crippen LogP contribution is -2.52. The first-order chi connectivity index (χ1) is 9.98. The van der Waals surface area contributed by atoms with Crippen molar-refractivity contribution in [3.05, 3.63) is 22.8 Å². The number of rotatable bonds is 5. The summed E-state index contributed by atoms with van der Waals surface area (Å²) in [5.41, 5.74) is -0.912. The van der Waals surface area contributed by atoms with E-state index in [0.717, 1.165) is 10.9 Å². The Bertz CT molecular complexity index is 535. The van der Waals surface area contributed by atoms with Crippen molar-refractivity contribution in [2.24, 2.45) is 0 Å². The third kappa shape index (κ3) is 3.41. The van der Waals surface area contributed by atoms with Gasteiger partial charge >= 0.3 is 5.97 Å². The molecular weight excluding hydrogens is 338 g/mol. The molecule has 0 aliphatic carbocycles. The van der Waals surface area contributed by atoms with Gasteiger partial charge in [0, 0.05) is 10.7 Å². The first kappa shape index (κ1) is 15.9.